The number of amides is 4. The van der Waals surface area contributed by atoms with E-state index in [4.69, 9.17) is 4.74 Å². The van der Waals surface area contributed by atoms with E-state index in [-0.39, 0.29) is 24.1 Å². The highest BCUT2D eigenvalue weighted by Crippen LogP contribution is 2.23. The second-order valence-corrected chi connectivity index (χ2v) is 4.90. The zero-order chi connectivity index (χ0) is 18.2. The molecule has 3 N–H and O–H groups in total. The second kappa shape index (κ2) is 8.39. The number of carbonyl (C=O) groups is 3. The highest BCUT2D eigenvalue weighted by Gasteiger charge is 2.07. The first-order chi connectivity index (χ1) is 12.0. The molecule has 2 rings (SSSR count). The van der Waals surface area contributed by atoms with Crippen LogP contribution in [0.15, 0.2) is 36.7 Å². The first-order valence-corrected chi connectivity index (χ1v) is 7.44. The van der Waals surface area contributed by atoms with E-state index in [9.17, 15) is 14.4 Å². The van der Waals surface area contributed by atoms with Crippen LogP contribution in [0.25, 0.3) is 0 Å². The van der Waals surface area contributed by atoms with E-state index < -0.39 is 6.03 Å². The quantitative estimate of drug-likeness (QED) is 0.765. The molecule has 0 fully saturated rings. The van der Waals surface area contributed by atoms with Gasteiger partial charge in [0, 0.05) is 25.6 Å². The summed E-state index contributed by atoms with van der Waals surface area (Å²) in [5.74, 6) is 0.908. The van der Waals surface area contributed by atoms with Crippen molar-refractivity contribution in [2.75, 3.05) is 10.6 Å². The maximum absolute atomic E-state index is 11.5. The van der Waals surface area contributed by atoms with Gasteiger partial charge >= 0.3 is 6.03 Å². The monoisotopic (exact) mass is 343 g/mol. The smallest absolute Gasteiger partial charge is 0.327 e. The van der Waals surface area contributed by atoms with Crippen LogP contribution in [-0.4, -0.2) is 27.8 Å². The Morgan fingerprint density at radius 2 is 1.84 bits per heavy atom. The fourth-order valence-electron chi connectivity index (χ4n) is 1.74. The molecule has 0 aliphatic heterocycles. The predicted octanol–water partition coefficient (Wildman–Crippen LogP) is 2.29. The fraction of sp³-hybridized carbons (Fsp3) is 0.188. The van der Waals surface area contributed by atoms with Crippen LogP contribution in [0.2, 0.25) is 0 Å². The van der Waals surface area contributed by atoms with E-state index in [1.165, 1.54) is 25.4 Å². The van der Waals surface area contributed by atoms with Crippen LogP contribution >= 0.6 is 0 Å². The Morgan fingerprint density at radius 1 is 1.04 bits per heavy atom. The molecule has 0 bridgehead atoms. The Morgan fingerprint density at radius 3 is 2.48 bits per heavy atom. The Balaban J connectivity index is 1.97. The maximum Gasteiger partial charge on any atom is 0.327 e. The maximum atomic E-state index is 11.5. The Hall–Kier alpha value is -3.49. The number of nitrogens with zero attached hydrogens (tertiary/aromatic N) is 2. The van der Waals surface area contributed by atoms with E-state index in [2.05, 4.69) is 25.9 Å². The van der Waals surface area contributed by atoms with Crippen molar-refractivity contribution in [2.24, 2.45) is 0 Å². The van der Waals surface area contributed by atoms with Crippen molar-refractivity contribution in [2.45, 2.75) is 20.3 Å². The van der Waals surface area contributed by atoms with E-state index >= 15 is 0 Å². The van der Waals surface area contributed by atoms with Gasteiger partial charge in [-0.3, -0.25) is 20.2 Å². The van der Waals surface area contributed by atoms with Crippen molar-refractivity contribution < 1.29 is 19.1 Å². The lowest BCUT2D eigenvalue weighted by molar-refractivity contribution is -0.119. The number of hydrogen-bond acceptors (Lipinski definition) is 6. The van der Waals surface area contributed by atoms with Gasteiger partial charge in [0.05, 0.1) is 6.20 Å². The van der Waals surface area contributed by atoms with Gasteiger partial charge in [0.2, 0.25) is 11.8 Å². The minimum absolute atomic E-state index is 0.208. The van der Waals surface area contributed by atoms with Crippen LogP contribution in [0.4, 0.5) is 16.4 Å². The van der Waals surface area contributed by atoms with Gasteiger partial charge in [0.15, 0.2) is 0 Å². The van der Waals surface area contributed by atoms with Crippen molar-refractivity contribution in [3.8, 4) is 11.5 Å². The number of rotatable bonds is 5. The van der Waals surface area contributed by atoms with Crippen LogP contribution in [0, 0.1) is 0 Å². The summed E-state index contributed by atoms with van der Waals surface area (Å²) in [5, 5.41) is 7.14. The van der Waals surface area contributed by atoms with Crippen molar-refractivity contribution in [1.29, 1.82) is 0 Å². The summed E-state index contributed by atoms with van der Waals surface area (Å²) in [6.45, 7) is 3.03. The zero-order valence-corrected chi connectivity index (χ0v) is 13.7. The lowest BCUT2D eigenvalue weighted by Crippen LogP contribution is -2.33. The van der Waals surface area contributed by atoms with Crippen LogP contribution < -0.4 is 20.7 Å². The number of carbonyl (C=O) groups excluding carboxylic acids is 3. The number of nitrogens with one attached hydrogen (secondary N) is 3. The Kier molecular flexibility index (Phi) is 5.99. The number of anilines is 2. The van der Waals surface area contributed by atoms with Crippen LogP contribution in [-0.2, 0) is 9.59 Å². The van der Waals surface area contributed by atoms with Gasteiger partial charge in [0.1, 0.15) is 23.1 Å². The third-order valence-corrected chi connectivity index (χ3v) is 2.82. The van der Waals surface area contributed by atoms with Gasteiger partial charge in [-0.15, -0.1) is 0 Å². The average molecular weight is 343 g/mol. The minimum atomic E-state index is -0.651. The molecule has 0 aliphatic carbocycles. The van der Waals surface area contributed by atoms with Gasteiger partial charge in [-0.05, 0) is 18.2 Å². The van der Waals surface area contributed by atoms with E-state index in [0.29, 0.717) is 17.3 Å². The molecular formula is C16H17N5O4. The summed E-state index contributed by atoms with van der Waals surface area (Å²) in [5.41, 5.74) is 0. The molecule has 0 atom stereocenters. The van der Waals surface area contributed by atoms with Crippen LogP contribution in [0.3, 0.4) is 0 Å². The van der Waals surface area contributed by atoms with Crippen molar-refractivity contribution in [3.63, 3.8) is 0 Å². The zero-order valence-electron chi connectivity index (χ0n) is 13.7. The van der Waals surface area contributed by atoms with E-state index in [1.54, 1.807) is 25.1 Å². The van der Waals surface area contributed by atoms with Gasteiger partial charge in [-0.2, -0.15) is 0 Å². The normalized spacial score (nSPS) is 9.84. The van der Waals surface area contributed by atoms with Crippen molar-refractivity contribution >= 4 is 29.5 Å². The predicted molar refractivity (Wildman–Crippen MR) is 90.3 cm³/mol. The molecule has 2 aromatic rings. The molecule has 0 aromatic carbocycles. The molecule has 2 heterocycles. The number of pyridine rings is 2. The summed E-state index contributed by atoms with van der Waals surface area (Å²) in [6, 6.07) is 5.67. The molecule has 9 heteroatoms. The summed E-state index contributed by atoms with van der Waals surface area (Å²) in [7, 11) is 0. The fourth-order valence-corrected chi connectivity index (χ4v) is 1.74. The van der Waals surface area contributed by atoms with E-state index in [0.717, 1.165) is 0 Å². The second-order valence-electron chi connectivity index (χ2n) is 4.90. The molecule has 130 valence electrons. The lowest BCUT2D eigenvalue weighted by atomic mass is 10.4. The summed E-state index contributed by atoms with van der Waals surface area (Å²) in [6.07, 6.45) is 3.12. The van der Waals surface area contributed by atoms with E-state index in [1.807, 2.05) is 0 Å². The summed E-state index contributed by atoms with van der Waals surface area (Å²) in [4.78, 5) is 41.7. The highest BCUT2D eigenvalue weighted by molar-refractivity contribution is 6.00. The molecule has 4 amide bonds. The third kappa shape index (κ3) is 5.90. The SMILES string of the molecule is CCC(=O)NC(=O)Nc1ccc(Oc2ccnc(NC(C)=O)c2)cn1. The molecule has 0 radical (unpaired) electrons. The first-order valence-electron chi connectivity index (χ1n) is 7.44. The van der Waals surface area contributed by atoms with Crippen LogP contribution in [0.1, 0.15) is 20.3 Å². The number of ether oxygens (including phenoxy) is 1. The molecule has 0 spiro atoms. The first kappa shape index (κ1) is 17.9. The van der Waals surface area contributed by atoms with Gasteiger partial charge in [-0.25, -0.2) is 14.8 Å². The molecule has 25 heavy (non-hydrogen) atoms. The van der Waals surface area contributed by atoms with Crippen molar-refractivity contribution in [3.05, 3.63) is 36.7 Å². The largest absolute Gasteiger partial charge is 0.456 e. The number of imide groups is 1. The molecule has 0 aliphatic rings. The molecule has 0 saturated heterocycles. The van der Waals surface area contributed by atoms with Gasteiger partial charge in [-0.1, -0.05) is 6.92 Å². The summed E-state index contributed by atoms with van der Waals surface area (Å²) < 4.78 is 5.61. The Labute approximate surface area is 143 Å². The molecule has 2 aromatic heterocycles. The summed E-state index contributed by atoms with van der Waals surface area (Å²) >= 11 is 0. The van der Waals surface area contributed by atoms with Gasteiger partial charge < -0.3 is 10.1 Å². The average Bonchev–Trinajstić information content (AvgIpc) is 2.56. The molecule has 0 saturated carbocycles. The van der Waals surface area contributed by atoms with Crippen LogP contribution in [0.5, 0.6) is 11.5 Å². The standard InChI is InChI=1S/C16H17N5O4/c1-3-15(23)21-16(24)20-13-5-4-12(9-18-13)25-11-6-7-17-14(8-11)19-10(2)22/h4-9H,3H2,1-2H3,(H,17,19,22)(H2,18,20,21,23,24). The number of aromatic nitrogens is 2. The van der Waals surface area contributed by atoms with Crippen molar-refractivity contribution in [1.82, 2.24) is 15.3 Å². The number of urea groups is 1. The number of hydrogen-bond donors (Lipinski definition) is 3. The highest BCUT2D eigenvalue weighted by atomic mass is 16.5. The lowest BCUT2D eigenvalue weighted by Gasteiger charge is -2.08. The third-order valence-electron chi connectivity index (χ3n) is 2.82. The molecule has 9 nitrogen and oxygen atoms in total. The minimum Gasteiger partial charge on any atom is -0.456 e. The Bertz CT molecular complexity index is 776. The molecular weight excluding hydrogens is 326 g/mol. The molecule has 0 unspecified atom stereocenters. The topological polar surface area (TPSA) is 122 Å². The van der Waals surface area contributed by atoms with Gasteiger partial charge in [0.25, 0.3) is 0 Å².